The minimum Gasteiger partial charge on any atom is -0.325 e. The molecule has 0 saturated heterocycles. The Morgan fingerprint density at radius 1 is 0.913 bits per heavy atom. The summed E-state index contributed by atoms with van der Waals surface area (Å²) in [7, 11) is 0. The summed E-state index contributed by atoms with van der Waals surface area (Å²) >= 11 is 0. The highest BCUT2D eigenvalue weighted by molar-refractivity contribution is 5.94. The molecular formula is C20H26N2O. The van der Waals surface area contributed by atoms with Crippen LogP contribution in [0.3, 0.4) is 0 Å². The fourth-order valence-corrected chi connectivity index (χ4v) is 2.68. The molecule has 0 aliphatic heterocycles. The third kappa shape index (κ3) is 4.42. The first-order valence-electron chi connectivity index (χ1n) is 8.08. The van der Waals surface area contributed by atoms with Gasteiger partial charge in [0.05, 0.1) is 6.04 Å². The second kappa shape index (κ2) is 7.42. The summed E-state index contributed by atoms with van der Waals surface area (Å²) in [4.78, 5) is 12.4. The van der Waals surface area contributed by atoms with Crippen LogP contribution in [0.25, 0.3) is 0 Å². The predicted octanol–water partition coefficient (Wildman–Crippen LogP) is 4.29. The maximum Gasteiger partial charge on any atom is 0.241 e. The Morgan fingerprint density at radius 3 is 2.26 bits per heavy atom. The number of benzene rings is 2. The van der Waals surface area contributed by atoms with Crippen LogP contribution in [-0.4, -0.2) is 11.9 Å². The summed E-state index contributed by atoms with van der Waals surface area (Å²) in [6, 6.07) is 14.1. The third-order valence-corrected chi connectivity index (χ3v) is 4.32. The minimum atomic E-state index is -0.272. The van der Waals surface area contributed by atoms with Crippen molar-refractivity contribution in [2.75, 3.05) is 5.32 Å². The van der Waals surface area contributed by atoms with Crippen molar-refractivity contribution in [2.24, 2.45) is 0 Å². The van der Waals surface area contributed by atoms with Crippen LogP contribution in [0.15, 0.2) is 42.5 Å². The van der Waals surface area contributed by atoms with Gasteiger partial charge in [-0.2, -0.15) is 0 Å². The molecule has 122 valence electrons. The van der Waals surface area contributed by atoms with Crippen molar-refractivity contribution < 1.29 is 4.79 Å². The van der Waals surface area contributed by atoms with Gasteiger partial charge < -0.3 is 5.32 Å². The van der Waals surface area contributed by atoms with Gasteiger partial charge in [0, 0.05) is 11.7 Å². The molecule has 0 heterocycles. The van der Waals surface area contributed by atoms with Crippen molar-refractivity contribution in [3.63, 3.8) is 0 Å². The molecule has 3 nitrogen and oxygen atoms in total. The zero-order valence-electron chi connectivity index (χ0n) is 14.6. The lowest BCUT2D eigenvalue weighted by molar-refractivity contribution is -0.117. The van der Waals surface area contributed by atoms with Crippen LogP contribution in [0.5, 0.6) is 0 Å². The van der Waals surface area contributed by atoms with Gasteiger partial charge in [0.2, 0.25) is 5.91 Å². The Balaban J connectivity index is 1.99. The number of amides is 1. The van der Waals surface area contributed by atoms with Crippen LogP contribution in [0.1, 0.15) is 42.1 Å². The van der Waals surface area contributed by atoms with E-state index in [4.69, 9.17) is 0 Å². The predicted molar refractivity (Wildman–Crippen MR) is 96.7 cm³/mol. The summed E-state index contributed by atoms with van der Waals surface area (Å²) in [6.45, 7) is 10.2. The van der Waals surface area contributed by atoms with Crippen molar-refractivity contribution in [3.05, 3.63) is 64.7 Å². The number of nitrogens with one attached hydrogen (secondary N) is 2. The molecule has 2 rings (SSSR count). The van der Waals surface area contributed by atoms with Crippen molar-refractivity contribution in [3.8, 4) is 0 Å². The minimum absolute atomic E-state index is 0.0197. The fraction of sp³-hybridized carbons (Fsp3) is 0.350. The quantitative estimate of drug-likeness (QED) is 0.865. The van der Waals surface area contributed by atoms with E-state index in [2.05, 4.69) is 43.5 Å². The molecule has 2 unspecified atom stereocenters. The molecule has 0 radical (unpaired) electrons. The third-order valence-electron chi connectivity index (χ3n) is 4.32. The van der Waals surface area contributed by atoms with E-state index in [1.165, 1.54) is 22.3 Å². The molecule has 2 aromatic rings. The van der Waals surface area contributed by atoms with E-state index in [9.17, 15) is 4.79 Å². The maximum absolute atomic E-state index is 12.4. The van der Waals surface area contributed by atoms with Gasteiger partial charge in [0.1, 0.15) is 0 Å². The number of carbonyl (C=O) groups is 1. The van der Waals surface area contributed by atoms with Crippen LogP contribution < -0.4 is 10.6 Å². The van der Waals surface area contributed by atoms with E-state index in [0.717, 1.165) is 5.69 Å². The summed E-state index contributed by atoms with van der Waals surface area (Å²) in [5, 5.41) is 6.35. The smallest absolute Gasteiger partial charge is 0.241 e. The Morgan fingerprint density at radius 2 is 1.61 bits per heavy atom. The van der Waals surface area contributed by atoms with E-state index in [0.29, 0.717) is 0 Å². The first-order valence-corrected chi connectivity index (χ1v) is 8.08. The molecule has 23 heavy (non-hydrogen) atoms. The normalized spacial score (nSPS) is 13.4. The van der Waals surface area contributed by atoms with Gasteiger partial charge in [-0.05, 0) is 69.0 Å². The highest BCUT2D eigenvalue weighted by Gasteiger charge is 2.17. The second-order valence-corrected chi connectivity index (χ2v) is 6.25. The lowest BCUT2D eigenvalue weighted by atomic mass is 10.0. The van der Waals surface area contributed by atoms with E-state index in [1.54, 1.807) is 0 Å². The molecule has 2 N–H and O–H groups in total. The molecule has 0 saturated carbocycles. The van der Waals surface area contributed by atoms with Gasteiger partial charge in [-0.3, -0.25) is 10.1 Å². The SMILES string of the molecule is Cc1ccc(NC(=O)C(C)NC(C)c2ccccc2C)cc1C. The van der Waals surface area contributed by atoms with Gasteiger partial charge >= 0.3 is 0 Å². The van der Waals surface area contributed by atoms with Crippen molar-refractivity contribution in [1.82, 2.24) is 5.32 Å². The molecule has 0 aliphatic rings. The van der Waals surface area contributed by atoms with E-state index in [1.807, 2.05) is 44.2 Å². The first kappa shape index (κ1) is 17.2. The molecule has 0 aliphatic carbocycles. The average Bonchev–Trinajstić information content (AvgIpc) is 2.51. The molecule has 0 aromatic heterocycles. The van der Waals surface area contributed by atoms with Crippen LogP contribution >= 0.6 is 0 Å². The number of rotatable bonds is 5. The Hall–Kier alpha value is -2.13. The standard InChI is InChI=1S/C20H26N2O/c1-13-10-11-18(12-15(13)3)22-20(23)17(5)21-16(4)19-9-7-6-8-14(19)2/h6-12,16-17,21H,1-5H3,(H,22,23). The molecule has 2 aromatic carbocycles. The van der Waals surface area contributed by atoms with Gasteiger partial charge in [-0.15, -0.1) is 0 Å². The highest BCUT2D eigenvalue weighted by Crippen LogP contribution is 2.18. The van der Waals surface area contributed by atoms with Gasteiger partial charge in [-0.1, -0.05) is 30.3 Å². The zero-order chi connectivity index (χ0) is 17.0. The molecule has 3 heteroatoms. The second-order valence-electron chi connectivity index (χ2n) is 6.25. The lowest BCUT2D eigenvalue weighted by Gasteiger charge is -2.21. The van der Waals surface area contributed by atoms with Crippen LogP contribution in [0, 0.1) is 20.8 Å². The molecular weight excluding hydrogens is 284 g/mol. The van der Waals surface area contributed by atoms with Gasteiger partial charge in [0.15, 0.2) is 0 Å². The molecule has 0 spiro atoms. The number of anilines is 1. The number of aryl methyl sites for hydroxylation is 3. The lowest BCUT2D eigenvalue weighted by Crippen LogP contribution is -2.39. The first-order chi connectivity index (χ1) is 10.9. The topological polar surface area (TPSA) is 41.1 Å². The Bertz CT molecular complexity index is 694. The van der Waals surface area contributed by atoms with Crippen LogP contribution in [0.4, 0.5) is 5.69 Å². The van der Waals surface area contributed by atoms with E-state index in [-0.39, 0.29) is 18.0 Å². The van der Waals surface area contributed by atoms with Crippen molar-refractivity contribution >= 4 is 11.6 Å². The molecule has 0 bridgehead atoms. The monoisotopic (exact) mass is 310 g/mol. The van der Waals surface area contributed by atoms with Crippen molar-refractivity contribution in [2.45, 2.75) is 46.7 Å². The van der Waals surface area contributed by atoms with Crippen molar-refractivity contribution in [1.29, 1.82) is 0 Å². The van der Waals surface area contributed by atoms with Crippen LogP contribution in [-0.2, 0) is 4.79 Å². The number of hydrogen-bond donors (Lipinski definition) is 2. The van der Waals surface area contributed by atoms with E-state index >= 15 is 0 Å². The zero-order valence-corrected chi connectivity index (χ0v) is 14.6. The summed E-state index contributed by atoms with van der Waals surface area (Å²) in [6.07, 6.45) is 0. The highest BCUT2D eigenvalue weighted by atomic mass is 16.2. The molecule has 2 atom stereocenters. The molecule has 0 fully saturated rings. The van der Waals surface area contributed by atoms with Gasteiger partial charge in [-0.25, -0.2) is 0 Å². The van der Waals surface area contributed by atoms with Gasteiger partial charge in [0.25, 0.3) is 0 Å². The summed E-state index contributed by atoms with van der Waals surface area (Å²) < 4.78 is 0. The number of carbonyl (C=O) groups excluding carboxylic acids is 1. The molecule has 1 amide bonds. The summed E-state index contributed by atoms with van der Waals surface area (Å²) in [5.74, 6) is -0.0197. The Kier molecular flexibility index (Phi) is 5.56. The Labute approximate surface area is 139 Å². The fourth-order valence-electron chi connectivity index (χ4n) is 2.68. The number of hydrogen-bond acceptors (Lipinski definition) is 2. The average molecular weight is 310 g/mol. The van der Waals surface area contributed by atoms with E-state index < -0.39 is 0 Å². The largest absolute Gasteiger partial charge is 0.325 e. The maximum atomic E-state index is 12.4. The van der Waals surface area contributed by atoms with Crippen LogP contribution in [0.2, 0.25) is 0 Å². The summed E-state index contributed by atoms with van der Waals surface area (Å²) in [5.41, 5.74) is 5.70.